The zero-order chi connectivity index (χ0) is 18.4. The van der Waals surface area contributed by atoms with Crippen LogP contribution >= 0.6 is 11.3 Å². The third-order valence-electron chi connectivity index (χ3n) is 6.75. The number of aryl methyl sites for hydroxylation is 2. The van der Waals surface area contributed by atoms with E-state index < -0.39 is 0 Å². The molecular formula is C21H31N4OS+. The number of piperidine rings is 2. The van der Waals surface area contributed by atoms with E-state index in [2.05, 4.69) is 11.8 Å². The van der Waals surface area contributed by atoms with E-state index in [1.807, 2.05) is 11.3 Å². The lowest BCUT2D eigenvalue weighted by atomic mass is 9.99. The van der Waals surface area contributed by atoms with E-state index in [1.165, 1.54) is 65.9 Å². The van der Waals surface area contributed by atoms with Crippen LogP contribution in [-0.2, 0) is 19.4 Å². The molecular weight excluding hydrogens is 356 g/mol. The molecule has 0 spiro atoms. The van der Waals surface area contributed by atoms with Gasteiger partial charge in [-0.1, -0.05) is 6.92 Å². The first-order valence-electron chi connectivity index (χ1n) is 10.7. The zero-order valence-electron chi connectivity index (χ0n) is 16.3. The summed E-state index contributed by atoms with van der Waals surface area (Å²) in [6, 6.07) is 0. The highest BCUT2D eigenvalue weighted by molar-refractivity contribution is 7.19. The number of thiophene rings is 1. The van der Waals surface area contributed by atoms with Crippen molar-refractivity contribution in [2.24, 2.45) is 5.92 Å². The smallest absolute Gasteiger partial charge is 0.187 e. The van der Waals surface area contributed by atoms with Crippen molar-refractivity contribution in [3.05, 3.63) is 16.3 Å². The topological polar surface area (TPSA) is 53.7 Å². The number of aromatic nitrogens is 2. The second kappa shape index (κ2) is 7.30. The van der Waals surface area contributed by atoms with Gasteiger partial charge >= 0.3 is 0 Å². The largest absolute Gasteiger partial charge is 0.393 e. The fourth-order valence-electron chi connectivity index (χ4n) is 4.98. The lowest BCUT2D eigenvalue weighted by molar-refractivity contribution is -0.920. The summed E-state index contributed by atoms with van der Waals surface area (Å²) in [5.74, 6) is 3.05. The molecule has 2 aromatic rings. The molecule has 146 valence electrons. The van der Waals surface area contributed by atoms with Crippen LogP contribution in [0.1, 0.15) is 55.3 Å². The molecule has 0 radical (unpaired) electrons. The molecule has 0 amide bonds. The van der Waals surface area contributed by atoms with Crippen LogP contribution in [0.5, 0.6) is 0 Å². The van der Waals surface area contributed by atoms with Crippen LogP contribution in [0.4, 0.5) is 5.82 Å². The summed E-state index contributed by atoms with van der Waals surface area (Å²) in [4.78, 5) is 17.0. The molecule has 0 atom stereocenters. The van der Waals surface area contributed by atoms with Gasteiger partial charge in [0.25, 0.3) is 0 Å². The van der Waals surface area contributed by atoms with Crippen molar-refractivity contribution in [2.75, 3.05) is 31.1 Å². The Labute approximate surface area is 165 Å². The van der Waals surface area contributed by atoms with E-state index in [4.69, 9.17) is 9.97 Å². The number of hydrogen-bond donors (Lipinski definition) is 2. The molecule has 2 aliphatic heterocycles. The molecule has 3 aliphatic rings. The van der Waals surface area contributed by atoms with Gasteiger partial charge < -0.3 is 14.9 Å². The van der Waals surface area contributed by atoms with Crippen molar-refractivity contribution in [3.8, 4) is 0 Å². The molecule has 1 aliphatic carbocycles. The van der Waals surface area contributed by atoms with E-state index in [1.54, 1.807) is 4.90 Å². The molecule has 2 fully saturated rings. The van der Waals surface area contributed by atoms with Gasteiger partial charge in [0.05, 0.1) is 24.6 Å². The summed E-state index contributed by atoms with van der Waals surface area (Å²) in [6.45, 7) is 7.63. The van der Waals surface area contributed by atoms with E-state index >= 15 is 0 Å². The van der Waals surface area contributed by atoms with Crippen molar-refractivity contribution in [3.63, 3.8) is 0 Å². The molecule has 2 N–H and O–H groups in total. The fraction of sp³-hybridized carbons (Fsp3) is 0.714. The first kappa shape index (κ1) is 17.8. The normalized spacial score (nSPS) is 26.7. The third kappa shape index (κ3) is 3.47. The van der Waals surface area contributed by atoms with Gasteiger partial charge in [0.1, 0.15) is 17.2 Å². The number of anilines is 1. The first-order chi connectivity index (χ1) is 13.2. The molecule has 0 unspecified atom stereocenters. The summed E-state index contributed by atoms with van der Waals surface area (Å²) in [7, 11) is 0. The van der Waals surface area contributed by atoms with Gasteiger partial charge in [-0.15, -0.1) is 11.3 Å². The molecule has 5 rings (SSSR count). The summed E-state index contributed by atoms with van der Waals surface area (Å²) >= 11 is 1.91. The van der Waals surface area contributed by atoms with E-state index in [-0.39, 0.29) is 6.10 Å². The minimum atomic E-state index is -0.147. The molecule has 27 heavy (non-hydrogen) atoms. The number of rotatable bonds is 3. The van der Waals surface area contributed by atoms with Gasteiger partial charge in [-0.05, 0) is 56.4 Å². The quantitative estimate of drug-likeness (QED) is 0.845. The minimum absolute atomic E-state index is 0.147. The summed E-state index contributed by atoms with van der Waals surface area (Å²) in [5, 5.41) is 11.3. The van der Waals surface area contributed by atoms with Gasteiger partial charge in [-0.3, -0.25) is 0 Å². The maximum atomic E-state index is 9.93. The van der Waals surface area contributed by atoms with Crippen LogP contribution < -0.4 is 9.80 Å². The maximum Gasteiger partial charge on any atom is 0.187 e. The summed E-state index contributed by atoms with van der Waals surface area (Å²) in [6.07, 6.45) is 7.85. The molecule has 2 saturated heterocycles. The van der Waals surface area contributed by atoms with Crippen LogP contribution in [0.3, 0.4) is 0 Å². The number of nitrogens with one attached hydrogen (secondary N) is 1. The Morgan fingerprint density at radius 1 is 1.11 bits per heavy atom. The molecule has 4 heterocycles. The second-order valence-corrected chi connectivity index (χ2v) is 9.91. The van der Waals surface area contributed by atoms with Crippen LogP contribution in [0.25, 0.3) is 10.2 Å². The van der Waals surface area contributed by atoms with E-state index in [0.29, 0.717) is 0 Å². The average Bonchev–Trinajstić information content (AvgIpc) is 3.24. The molecule has 0 saturated carbocycles. The fourth-order valence-corrected chi connectivity index (χ4v) is 6.25. The third-order valence-corrected chi connectivity index (χ3v) is 7.93. The molecule has 6 heteroatoms. The van der Waals surface area contributed by atoms with Crippen molar-refractivity contribution in [1.29, 1.82) is 0 Å². The maximum absolute atomic E-state index is 9.93. The highest BCUT2D eigenvalue weighted by Crippen LogP contribution is 2.41. The van der Waals surface area contributed by atoms with Gasteiger partial charge in [-0.2, -0.15) is 0 Å². The van der Waals surface area contributed by atoms with Crippen LogP contribution in [0.2, 0.25) is 0 Å². The predicted molar refractivity (Wildman–Crippen MR) is 110 cm³/mol. The van der Waals surface area contributed by atoms with Crippen molar-refractivity contribution in [2.45, 2.75) is 64.5 Å². The predicted octanol–water partition coefficient (Wildman–Crippen LogP) is 1.96. The monoisotopic (exact) mass is 387 g/mol. The Bertz CT molecular complexity index is 819. The Balaban J connectivity index is 1.49. The SMILES string of the molecule is CC1CC[NH+](Cc2nc(N3CCC(O)CC3)c3c4c(sc3n2)CCC4)CC1. The van der Waals surface area contributed by atoms with Crippen molar-refractivity contribution in [1.82, 2.24) is 9.97 Å². The van der Waals surface area contributed by atoms with Crippen molar-refractivity contribution < 1.29 is 10.0 Å². The van der Waals surface area contributed by atoms with Crippen LogP contribution in [0.15, 0.2) is 0 Å². The minimum Gasteiger partial charge on any atom is -0.393 e. The van der Waals surface area contributed by atoms with E-state index in [9.17, 15) is 5.11 Å². The number of fused-ring (bicyclic) bond motifs is 3. The number of aliphatic hydroxyl groups excluding tert-OH is 1. The number of nitrogens with zero attached hydrogens (tertiary/aromatic N) is 3. The number of aliphatic hydroxyl groups is 1. The summed E-state index contributed by atoms with van der Waals surface area (Å²) < 4.78 is 0. The number of quaternary nitrogens is 1. The average molecular weight is 388 g/mol. The van der Waals surface area contributed by atoms with E-state index in [0.717, 1.165) is 50.0 Å². The Morgan fingerprint density at radius 2 is 1.89 bits per heavy atom. The number of likely N-dealkylation sites (tertiary alicyclic amines) is 1. The lowest BCUT2D eigenvalue weighted by Crippen LogP contribution is -3.11. The number of hydrogen-bond acceptors (Lipinski definition) is 5. The highest BCUT2D eigenvalue weighted by Gasteiger charge is 2.28. The van der Waals surface area contributed by atoms with Crippen LogP contribution in [0, 0.1) is 5.92 Å². The molecule has 0 bridgehead atoms. The lowest BCUT2D eigenvalue weighted by Gasteiger charge is -2.31. The molecule has 5 nitrogen and oxygen atoms in total. The molecule has 0 aromatic carbocycles. The van der Waals surface area contributed by atoms with Gasteiger partial charge in [0.15, 0.2) is 5.82 Å². The van der Waals surface area contributed by atoms with Crippen molar-refractivity contribution >= 4 is 27.4 Å². The van der Waals surface area contributed by atoms with Crippen LogP contribution in [-0.4, -0.2) is 47.4 Å². The zero-order valence-corrected chi connectivity index (χ0v) is 17.2. The van der Waals surface area contributed by atoms with Gasteiger partial charge in [0.2, 0.25) is 0 Å². The first-order valence-corrected chi connectivity index (χ1v) is 11.6. The van der Waals surface area contributed by atoms with Gasteiger partial charge in [0, 0.05) is 18.0 Å². The Kier molecular flexibility index (Phi) is 4.82. The highest BCUT2D eigenvalue weighted by atomic mass is 32.1. The Hall–Kier alpha value is -1.24. The Morgan fingerprint density at radius 3 is 2.67 bits per heavy atom. The van der Waals surface area contributed by atoms with Gasteiger partial charge in [-0.25, -0.2) is 9.97 Å². The molecule has 2 aromatic heterocycles. The standard InChI is InChI=1S/C21H30N4OS/c1-14-5-9-24(10-6-14)13-18-22-20(25-11-7-15(26)8-12-25)19-16-3-2-4-17(16)27-21(19)23-18/h14-15,26H,2-13H2,1H3/p+1. The summed E-state index contributed by atoms with van der Waals surface area (Å²) in [5.41, 5.74) is 1.52. The second-order valence-electron chi connectivity index (χ2n) is 8.83.